The topological polar surface area (TPSA) is 79.3 Å². The average Bonchev–Trinajstić information content (AvgIpc) is 3.46. The highest BCUT2D eigenvalue weighted by atomic mass is 19.1. The van der Waals surface area contributed by atoms with Gasteiger partial charge in [0.05, 0.1) is 5.69 Å². The Morgan fingerprint density at radius 2 is 1.86 bits per heavy atom. The summed E-state index contributed by atoms with van der Waals surface area (Å²) < 4.78 is 28.5. The van der Waals surface area contributed by atoms with Gasteiger partial charge in [0.1, 0.15) is 11.6 Å². The fourth-order valence-corrected chi connectivity index (χ4v) is 4.95. The van der Waals surface area contributed by atoms with Gasteiger partial charge in [-0.05, 0) is 80.5 Å². The predicted molar refractivity (Wildman–Crippen MR) is 128 cm³/mol. The molecule has 3 amide bonds. The number of likely N-dealkylation sites (tertiary alicyclic amines) is 1. The minimum Gasteiger partial charge on any atom is -0.338 e. The van der Waals surface area contributed by atoms with Crippen molar-refractivity contribution >= 4 is 17.6 Å². The number of nitrogens with zero attached hydrogens (tertiary/aromatic N) is 3. The number of aromatic nitrogens is 2. The maximum atomic E-state index is 13.5. The molecule has 3 aromatic rings. The summed E-state index contributed by atoms with van der Waals surface area (Å²) in [5.74, 6) is -0.722. The lowest BCUT2D eigenvalue weighted by atomic mass is 9.97. The molecule has 35 heavy (non-hydrogen) atoms. The molecule has 0 saturated carbocycles. The third-order valence-electron chi connectivity index (χ3n) is 6.64. The fraction of sp³-hybridized carbons (Fsp3) is 0.346. The van der Waals surface area contributed by atoms with E-state index in [0.29, 0.717) is 31.0 Å². The summed E-state index contributed by atoms with van der Waals surface area (Å²) in [6.45, 7) is 1.58. The van der Waals surface area contributed by atoms with Gasteiger partial charge < -0.3 is 15.5 Å². The Hall–Kier alpha value is -3.75. The minimum atomic E-state index is -0.419. The number of anilines is 1. The maximum absolute atomic E-state index is 13.5. The highest BCUT2D eigenvalue weighted by Crippen LogP contribution is 2.29. The Labute approximate surface area is 202 Å². The molecule has 0 bridgehead atoms. The lowest BCUT2D eigenvalue weighted by Gasteiger charge is -2.32. The number of amides is 3. The summed E-state index contributed by atoms with van der Waals surface area (Å²) in [5, 5.41) is 10.1. The molecule has 0 spiro atoms. The monoisotopic (exact) mass is 479 g/mol. The van der Waals surface area contributed by atoms with E-state index in [1.54, 1.807) is 22.9 Å². The van der Waals surface area contributed by atoms with E-state index in [2.05, 4.69) is 15.7 Å². The van der Waals surface area contributed by atoms with Gasteiger partial charge in [0.2, 0.25) is 0 Å². The standard InChI is InChI=1S/C26H27F2N5O2/c27-18-9-11-21(12-10-18)33-23-8-2-7-22(23)24(31-33)25(34)32-13-3-4-17(16-32)15-29-26(35)30-20-6-1-5-19(28)14-20/h1,5-6,9-12,14,17H,2-4,7-8,13,15-16H2,(H2,29,30,35)/t17-/m0/s1. The maximum Gasteiger partial charge on any atom is 0.319 e. The average molecular weight is 480 g/mol. The number of carbonyl (C=O) groups excluding carboxylic acids is 2. The van der Waals surface area contributed by atoms with Crippen LogP contribution in [0.4, 0.5) is 19.3 Å². The largest absolute Gasteiger partial charge is 0.338 e. The zero-order valence-electron chi connectivity index (χ0n) is 19.3. The third kappa shape index (κ3) is 5.03. The number of halogens is 2. The molecule has 1 fully saturated rings. The lowest BCUT2D eigenvalue weighted by Crippen LogP contribution is -2.44. The Morgan fingerprint density at radius 1 is 1.03 bits per heavy atom. The molecule has 5 rings (SSSR count). The van der Waals surface area contributed by atoms with Crippen LogP contribution >= 0.6 is 0 Å². The van der Waals surface area contributed by atoms with Gasteiger partial charge in [-0.25, -0.2) is 18.3 Å². The summed E-state index contributed by atoms with van der Waals surface area (Å²) in [6.07, 6.45) is 4.33. The van der Waals surface area contributed by atoms with Crippen LogP contribution in [-0.2, 0) is 12.8 Å². The van der Waals surface area contributed by atoms with Gasteiger partial charge >= 0.3 is 6.03 Å². The summed E-state index contributed by atoms with van der Waals surface area (Å²) in [4.78, 5) is 27.5. The molecule has 1 aromatic heterocycles. The molecule has 1 aliphatic heterocycles. The first kappa shape index (κ1) is 23.0. The molecule has 0 unspecified atom stereocenters. The summed E-state index contributed by atoms with van der Waals surface area (Å²) >= 11 is 0. The molecule has 9 heteroatoms. The van der Waals surface area contributed by atoms with Gasteiger partial charge in [-0.15, -0.1) is 0 Å². The van der Waals surface area contributed by atoms with Crippen molar-refractivity contribution in [3.05, 3.63) is 77.1 Å². The number of fused-ring (bicyclic) bond motifs is 1. The van der Waals surface area contributed by atoms with Crippen LogP contribution in [-0.4, -0.2) is 46.3 Å². The highest BCUT2D eigenvalue weighted by Gasteiger charge is 2.32. The number of carbonyl (C=O) groups is 2. The first-order chi connectivity index (χ1) is 17.0. The Balaban J connectivity index is 1.24. The van der Waals surface area contributed by atoms with Gasteiger partial charge in [-0.2, -0.15) is 5.10 Å². The number of nitrogens with one attached hydrogen (secondary N) is 2. The number of hydrogen-bond donors (Lipinski definition) is 2. The Morgan fingerprint density at radius 3 is 2.66 bits per heavy atom. The van der Waals surface area contributed by atoms with E-state index in [1.807, 2.05) is 4.90 Å². The number of piperidine rings is 1. The molecule has 1 aliphatic carbocycles. The molecule has 2 aromatic carbocycles. The van der Waals surface area contributed by atoms with Gasteiger partial charge in [-0.3, -0.25) is 4.79 Å². The fourth-order valence-electron chi connectivity index (χ4n) is 4.95. The van der Waals surface area contributed by atoms with Gasteiger partial charge in [0.25, 0.3) is 5.91 Å². The van der Waals surface area contributed by atoms with E-state index in [1.165, 1.54) is 30.3 Å². The number of rotatable bonds is 5. The van der Waals surface area contributed by atoms with Crippen molar-refractivity contribution in [1.82, 2.24) is 20.0 Å². The van der Waals surface area contributed by atoms with E-state index in [-0.39, 0.29) is 17.6 Å². The first-order valence-corrected chi connectivity index (χ1v) is 11.9. The van der Waals surface area contributed by atoms with Crippen molar-refractivity contribution in [2.75, 3.05) is 25.0 Å². The predicted octanol–water partition coefficient (Wildman–Crippen LogP) is 4.31. The van der Waals surface area contributed by atoms with Gasteiger partial charge in [0, 0.05) is 36.6 Å². The van der Waals surface area contributed by atoms with Crippen LogP contribution < -0.4 is 10.6 Å². The molecule has 2 heterocycles. The molecule has 7 nitrogen and oxygen atoms in total. The van der Waals surface area contributed by atoms with Crippen molar-refractivity contribution < 1.29 is 18.4 Å². The van der Waals surface area contributed by atoms with Crippen LogP contribution in [0, 0.1) is 17.6 Å². The van der Waals surface area contributed by atoms with Crippen LogP contribution in [0.5, 0.6) is 0 Å². The quantitative estimate of drug-likeness (QED) is 0.572. The van der Waals surface area contributed by atoms with E-state index in [9.17, 15) is 18.4 Å². The molecule has 2 aliphatic rings. The number of hydrogen-bond acceptors (Lipinski definition) is 3. The van der Waals surface area contributed by atoms with Crippen molar-refractivity contribution in [3.8, 4) is 5.69 Å². The Bertz CT molecular complexity index is 1240. The van der Waals surface area contributed by atoms with Gasteiger partial charge in [-0.1, -0.05) is 6.07 Å². The van der Waals surface area contributed by atoms with Crippen molar-refractivity contribution in [2.45, 2.75) is 32.1 Å². The zero-order chi connectivity index (χ0) is 24.4. The SMILES string of the molecule is O=C(NC[C@@H]1CCCN(C(=O)c2nn(-c3ccc(F)cc3)c3c2CCC3)C1)Nc1cccc(F)c1. The number of urea groups is 1. The summed E-state index contributed by atoms with van der Waals surface area (Å²) in [6, 6.07) is 11.4. The molecule has 1 saturated heterocycles. The third-order valence-corrected chi connectivity index (χ3v) is 6.64. The van der Waals surface area contributed by atoms with Crippen molar-refractivity contribution in [3.63, 3.8) is 0 Å². The second-order valence-corrected chi connectivity index (χ2v) is 9.12. The first-order valence-electron chi connectivity index (χ1n) is 11.9. The second-order valence-electron chi connectivity index (χ2n) is 9.12. The van der Waals surface area contributed by atoms with Crippen molar-refractivity contribution in [1.29, 1.82) is 0 Å². The van der Waals surface area contributed by atoms with Crippen LogP contribution in [0.2, 0.25) is 0 Å². The van der Waals surface area contributed by atoms with Crippen LogP contribution in [0.15, 0.2) is 48.5 Å². The lowest BCUT2D eigenvalue weighted by molar-refractivity contribution is 0.0667. The van der Waals surface area contributed by atoms with E-state index < -0.39 is 11.8 Å². The molecular weight excluding hydrogens is 452 g/mol. The van der Waals surface area contributed by atoms with Crippen LogP contribution in [0.3, 0.4) is 0 Å². The summed E-state index contributed by atoms with van der Waals surface area (Å²) in [5.41, 5.74) is 3.60. The van der Waals surface area contributed by atoms with Crippen LogP contribution in [0.1, 0.15) is 41.0 Å². The molecule has 182 valence electrons. The molecule has 0 radical (unpaired) electrons. The highest BCUT2D eigenvalue weighted by molar-refractivity contribution is 5.94. The van der Waals surface area contributed by atoms with E-state index in [4.69, 9.17) is 0 Å². The van der Waals surface area contributed by atoms with Crippen molar-refractivity contribution in [2.24, 2.45) is 5.92 Å². The van der Waals surface area contributed by atoms with Gasteiger partial charge in [0.15, 0.2) is 5.69 Å². The molecular formula is C26H27F2N5O2. The second kappa shape index (κ2) is 9.85. The Kier molecular flexibility index (Phi) is 6.48. The van der Waals surface area contributed by atoms with E-state index in [0.717, 1.165) is 49.0 Å². The summed E-state index contributed by atoms with van der Waals surface area (Å²) in [7, 11) is 0. The normalized spacial score (nSPS) is 17.2. The minimum absolute atomic E-state index is 0.0991. The van der Waals surface area contributed by atoms with Crippen LogP contribution in [0.25, 0.3) is 5.69 Å². The number of benzene rings is 2. The van der Waals surface area contributed by atoms with E-state index >= 15 is 0 Å². The molecule has 1 atom stereocenters. The smallest absolute Gasteiger partial charge is 0.319 e. The molecule has 2 N–H and O–H groups in total. The zero-order valence-corrected chi connectivity index (χ0v) is 19.3.